The van der Waals surface area contributed by atoms with Crippen molar-refractivity contribution in [2.75, 3.05) is 11.5 Å². The Labute approximate surface area is 435 Å². The van der Waals surface area contributed by atoms with Crippen LogP contribution in [-0.4, -0.2) is 51.7 Å². The normalized spacial score (nSPS) is 18.5. The van der Waals surface area contributed by atoms with Gasteiger partial charge in [-0.2, -0.15) is 0 Å². The van der Waals surface area contributed by atoms with E-state index in [4.69, 9.17) is 20.9 Å². The molecule has 4 aromatic rings. The molecule has 0 saturated heterocycles. The van der Waals surface area contributed by atoms with Gasteiger partial charge < -0.3 is 31.2 Å². The van der Waals surface area contributed by atoms with Crippen LogP contribution in [0.2, 0.25) is 0 Å². The topological polar surface area (TPSA) is 179 Å². The number of ether oxygens (including phenoxy) is 2. The number of unbranched alkanes of at least 4 members (excludes halogenated alkanes) is 8. The minimum atomic E-state index is -3.07. The molecule has 2 fully saturated rings. The molecule has 0 heterocycles. The molecule has 6 rings (SSSR count). The molecular weight excluding hydrogens is 913 g/mol. The standard InChI is InChI=1S/C63H82N2O8/c1-3-5-7-9-11-13-46-24-38-57(39-25-46)72-60(68)52-29-15-48(16-30-52)23-37-56(66)45-62(43-50-19-33-54(64)34-20-50,44-51-21-35-55(65)36-22-51)63(70,71)59(67)42-28-49-17-31-53(32-18-49)61(69)73-58-40-26-47(27-41-58)14-12-10-8-6-4-2/h15-23,28-37,42,46-47,57-58,70-71H,3-14,24-27,38-41,43-45,64-65H2,1-2H3/b37-23+,42-28+. The predicted octanol–water partition coefficient (Wildman–Crippen LogP) is 13.4. The summed E-state index contributed by atoms with van der Waals surface area (Å²) < 4.78 is 11.8. The van der Waals surface area contributed by atoms with Gasteiger partial charge in [-0.05, 0) is 159 Å². The molecule has 10 nitrogen and oxygen atoms in total. The highest BCUT2D eigenvalue weighted by molar-refractivity contribution is 6.01. The second kappa shape index (κ2) is 28.6. The van der Waals surface area contributed by atoms with Gasteiger partial charge in [0.1, 0.15) is 12.2 Å². The van der Waals surface area contributed by atoms with Gasteiger partial charge in [0, 0.05) is 23.2 Å². The first-order valence-electron chi connectivity index (χ1n) is 27.4. The van der Waals surface area contributed by atoms with Crippen molar-refractivity contribution in [2.45, 2.75) is 180 Å². The number of ketones is 2. The van der Waals surface area contributed by atoms with Gasteiger partial charge >= 0.3 is 11.9 Å². The van der Waals surface area contributed by atoms with Crippen molar-refractivity contribution in [1.29, 1.82) is 0 Å². The zero-order chi connectivity index (χ0) is 52.1. The highest BCUT2D eigenvalue weighted by Crippen LogP contribution is 2.43. The van der Waals surface area contributed by atoms with E-state index in [2.05, 4.69) is 13.8 Å². The number of rotatable bonds is 28. The summed E-state index contributed by atoms with van der Waals surface area (Å²) in [5.41, 5.74) is 14.5. The summed E-state index contributed by atoms with van der Waals surface area (Å²) in [5, 5.41) is 24.6. The van der Waals surface area contributed by atoms with E-state index in [-0.39, 0.29) is 31.0 Å². The summed E-state index contributed by atoms with van der Waals surface area (Å²) in [7, 11) is 0. The first kappa shape index (κ1) is 56.5. The molecule has 4 aromatic carbocycles. The Kier molecular flexibility index (Phi) is 22.1. The van der Waals surface area contributed by atoms with Crippen molar-refractivity contribution in [3.05, 3.63) is 143 Å². The maximum absolute atomic E-state index is 14.3. The quantitative estimate of drug-likeness (QED) is 0.0141. The minimum absolute atomic E-state index is 0.0845. The zero-order valence-corrected chi connectivity index (χ0v) is 43.6. The number of hydrogen-bond donors (Lipinski definition) is 4. The average molecular weight is 995 g/mol. The van der Waals surface area contributed by atoms with Crippen LogP contribution in [0.3, 0.4) is 0 Å². The molecule has 10 heteroatoms. The Balaban J connectivity index is 1.12. The van der Waals surface area contributed by atoms with Crippen LogP contribution >= 0.6 is 0 Å². The van der Waals surface area contributed by atoms with Crippen LogP contribution in [0.5, 0.6) is 0 Å². The number of carbonyl (C=O) groups excluding carboxylic acids is 4. The number of allylic oxidation sites excluding steroid dienone is 1. The summed E-state index contributed by atoms with van der Waals surface area (Å²) in [4.78, 5) is 54.8. The van der Waals surface area contributed by atoms with Gasteiger partial charge in [0.25, 0.3) is 0 Å². The van der Waals surface area contributed by atoms with E-state index >= 15 is 0 Å². The molecule has 0 radical (unpaired) electrons. The summed E-state index contributed by atoms with van der Waals surface area (Å²) in [6.07, 6.45) is 27.9. The highest BCUT2D eigenvalue weighted by atomic mass is 16.5. The first-order valence-corrected chi connectivity index (χ1v) is 27.4. The smallest absolute Gasteiger partial charge is 0.338 e. The van der Waals surface area contributed by atoms with E-state index in [0.717, 1.165) is 57.4 Å². The van der Waals surface area contributed by atoms with Crippen LogP contribution in [0, 0.1) is 17.3 Å². The summed E-state index contributed by atoms with van der Waals surface area (Å²) in [5.74, 6) is -3.90. The summed E-state index contributed by atoms with van der Waals surface area (Å²) >= 11 is 0. The van der Waals surface area contributed by atoms with Crippen LogP contribution < -0.4 is 11.5 Å². The number of nitrogen functional groups attached to an aromatic ring is 2. The van der Waals surface area contributed by atoms with E-state index in [0.29, 0.717) is 56.6 Å². The fraction of sp³-hybridized carbons (Fsp3) is 0.492. The van der Waals surface area contributed by atoms with Crippen LogP contribution in [0.4, 0.5) is 11.4 Å². The summed E-state index contributed by atoms with van der Waals surface area (Å²) in [6, 6.07) is 27.2. The van der Waals surface area contributed by atoms with Crippen molar-refractivity contribution in [3.63, 3.8) is 0 Å². The maximum atomic E-state index is 14.3. The second-order valence-electron chi connectivity index (χ2n) is 21.2. The molecule has 392 valence electrons. The third kappa shape index (κ3) is 17.7. The van der Waals surface area contributed by atoms with Gasteiger partial charge in [-0.3, -0.25) is 9.59 Å². The van der Waals surface area contributed by atoms with Crippen molar-refractivity contribution in [2.24, 2.45) is 17.3 Å². The van der Waals surface area contributed by atoms with Gasteiger partial charge in [0.15, 0.2) is 5.78 Å². The zero-order valence-electron chi connectivity index (χ0n) is 43.6. The fourth-order valence-corrected chi connectivity index (χ4v) is 10.8. The maximum Gasteiger partial charge on any atom is 0.338 e. The lowest BCUT2D eigenvalue weighted by Gasteiger charge is -2.42. The Hall–Kier alpha value is -5.84. The molecule has 6 N–H and O–H groups in total. The van der Waals surface area contributed by atoms with Crippen LogP contribution in [-0.2, 0) is 31.9 Å². The molecule has 73 heavy (non-hydrogen) atoms. The van der Waals surface area contributed by atoms with Crippen LogP contribution in [0.25, 0.3) is 12.2 Å². The molecule has 0 unspecified atom stereocenters. The van der Waals surface area contributed by atoms with Crippen LogP contribution in [0.1, 0.15) is 192 Å². The highest BCUT2D eigenvalue weighted by Gasteiger charge is 2.54. The van der Waals surface area contributed by atoms with Crippen molar-refractivity contribution in [3.8, 4) is 0 Å². The Morgan fingerprint density at radius 2 is 0.904 bits per heavy atom. The molecule has 0 bridgehead atoms. The lowest BCUT2D eigenvalue weighted by molar-refractivity contribution is -0.230. The monoisotopic (exact) mass is 995 g/mol. The molecule has 0 aliphatic heterocycles. The Morgan fingerprint density at radius 1 is 0.521 bits per heavy atom. The van der Waals surface area contributed by atoms with E-state index in [1.807, 2.05) is 0 Å². The third-order valence-electron chi connectivity index (χ3n) is 15.4. The molecule has 2 aliphatic carbocycles. The van der Waals surface area contributed by atoms with E-state index in [9.17, 15) is 29.4 Å². The largest absolute Gasteiger partial charge is 0.459 e. The van der Waals surface area contributed by atoms with E-state index in [1.165, 1.54) is 89.2 Å². The average Bonchev–Trinajstić information content (AvgIpc) is 3.39. The molecule has 0 amide bonds. The molecular formula is C63H82N2O8. The lowest BCUT2D eigenvalue weighted by Crippen LogP contribution is -2.57. The van der Waals surface area contributed by atoms with Gasteiger partial charge in [0.05, 0.1) is 11.1 Å². The number of carbonyl (C=O) groups is 4. The molecule has 2 saturated carbocycles. The number of nitrogens with two attached hydrogens (primary N) is 2. The Morgan fingerprint density at radius 3 is 1.30 bits per heavy atom. The molecule has 2 aliphatic rings. The van der Waals surface area contributed by atoms with Crippen molar-refractivity contribution < 1.29 is 38.9 Å². The number of esters is 2. The predicted molar refractivity (Wildman–Crippen MR) is 293 cm³/mol. The number of aliphatic hydroxyl groups is 2. The van der Waals surface area contributed by atoms with Gasteiger partial charge in [-0.25, -0.2) is 9.59 Å². The first-order chi connectivity index (χ1) is 35.2. The van der Waals surface area contributed by atoms with Crippen molar-refractivity contribution >= 4 is 47.0 Å². The van der Waals surface area contributed by atoms with E-state index in [1.54, 1.807) is 103 Å². The lowest BCUT2D eigenvalue weighted by atomic mass is 9.65. The van der Waals surface area contributed by atoms with Gasteiger partial charge in [-0.1, -0.05) is 152 Å². The molecule has 0 spiro atoms. The fourth-order valence-electron chi connectivity index (χ4n) is 10.8. The van der Waals surface area contributed by atoms with Crippen molar-refractivity contribution in [1.82, 2.24) is 0 Å². The molecule has 0 atom stereocenters. The van der Waals surface area contributed by atoms with Crippen LogP contribution in [0.15, 0.2) is 109 Å². The second-order valence-corrected chi connectivity index (χ2v) is 21.2. The number of anilines is 2. The SMILES string of the molecule is CCCCCCCC1CCC(OC(=O)c2ccc(/C=C/C(=O)CC(Cc3ccc(N)cc3)(Cc3ccc(N)cc3)C(O)(O)C(=O)/C=C/c3ccc(C(=O)OC4CCC(CCCCCCC)CC4)cc3)cc2)CC1. The third-order valence-corrected chi connectivity index (χ3v) is 15.4. The molecule has 0 aromatic heterocycles. The van der Waals surface area contributed by atoms with E-state index < -0.39 is 35.2 Å². The Bertz CT molecular complexity index is 2340. The van der Waals surface area contributed by atoms with Gasteiger partial charge in [0.2, 0.25) is 11.6 Å². The summed E-state index contributed by atoms with van der Waals surface area (Å²) in [6.45, 7) is 4.47. The number of hydrogen-bond acceptors (Lipinski definition) is 10. The van der Waals surface area contributed by atoms with Gasteiger partial charge in [-0.15, -0.1) is 0 Å². The number of benzene rings is 4. The minimum Gasteiger partial charge on any atom is -0.459 e.